The Hall–Kier alpha value is -4.31. The van der Waals surface area contributed by atoms with Crippen LogP contribution in [0, 0.1) is 5.82 Å². The number of aromatic nitrogens is 1. The zero-order chi connectivity index (χ0) is 28.1. The Bertz CT molecular complexity index is 1380. The number of rotatable bonds is 3. The number of carbonyl (C=O) groups is 3. The quantitative estimate of drug-likeness (QED) is 0.525. The number of benzene rings is 2. The van der Waals surface area contributed by atoms with Crippen LogP contribution >= 0.6 is 0 Å². The van der Waals surface area contributed by atoms with Gasteiger partial charge in [0, 0.05) is 56.5 Å². The molecule has 0 saturated carbocycles. The van der Waals surface area contributed by atoms with Crippen LogP contribution in [0.5, 0.6) is 5.75 Å². The molecule has 10 heteroatoms. The molecule has 3 aliphatic heterocycles. The molecule has 3 aromatic rings. The number of halogens is 1. The number of hydrogen-bond donors (Lipinski definition) is 2. The maximum atomic E-state index is 13.9. The molecule has 0 radical (unpaired) electrons. The number of carbonyl (C=O) groups excluding carboxylic acids is 3. The molecule has 3 aliphatic rings. The van der Waals surface area contributed by atoms with Crippen molar-refractivity contribution in [3.8, 4) is 17.0 Å². The molecule has 208 valence electrons. The predicted octanol–water partition coefficient (Wildman–Crippen LogP) is 2.62. The largest absolute Gasteiger partial charge is 0.489 e. The van der Waals surface area contributed by atoms with Gasteiger partial charge in [0.05, 0.1) is 12.6 Å². The maximum Gasteiger partial charge on any atom is 0.251 e. The molecule has 0 unspecified atom stereocenters. The summed E-state index contributed by atoms with van der Waals surface area (Å²) in [4.78, 5) is 46.4. The number of pyridine rings is 1. The first kappa shape index (κ1) is 27.3. The molecule has 4 heterocycles. The van der Waals surface area contributed by atoms with Gasteiger partial charge in [-0.25, -0.2) is 4.39 Å². The van der Waals surface area contributed by atoms with E-state index in [9.17, 15) is 18.8 Å². The van der Waals surface area contributed by atoms with Crippen molar-refractivity contribution in [2.75, 3.05) is 32.8 Å². The van der Waals surface area contributed by atoms with Crippen molar-refractivity contribution in [3.63, 3.8) is 0 Å². The molecule has 1 fully saturated rings. The molecule has 1 saturated heterocycles. The minimum atomic E-state index is -0.351. The Morgan fingerprint density at radius 2 is 1.93 bits per heavy atom. The third-order valence-electron chi connectivity index (χ3n) is 7.13. The lowest BCUT2D eigenvalue weighted by atomic mass is 10.1. The molecule has 2 N–H and O–H groups in total. The standard InChI is InChI=1S/C30H32FN5O4/c1-20(37)34-25-15-26-19-40-27-6-3-11-32-29(27)22-7-9-23(10-8-22)30(39)33-12-13-35(18-28(38)36(26)17-25)16-21-4-2-5-24(31)14-21/h2-11,14,25-26H,12-13,15-19H2,1H3,(H,33,39)(H,34,37)/t25-,26-/m0/s1. The summed E-state index contributed by atoms with van der Waals surface area (Å²) in [5.74, 6) is -0.312. The van der Waals surface area contributed by atoms with E-state index >= 15 is 0 Å². The Balaban J connectivity index is 1.44. The van der Waals surface area contributed by atoms with Crippen LogP contribution in [0.25, 0.3) is 11.3 Å². The molecule has 6 rings (SSSR count). The van der Waals surface area contributed by atoms with Gasteiger partial charge in [0.2, 0.25) is 11.8 Å². The van der Waals surface area contributed by atoms with Crippen molar-refractivity contribution in [2.45, 2.75) is 32.0 Å². The lowest BCUT2D eigenvalue weighted by Gasteiger charge is -2.29. The highest BCUT2D eigenvalue weighted by molar-refractivity contribution is 5.94. The maximum absolute atomic E-state index is 13.9. The summed E-state index contributed by atoms with van der Waals surface area (Å²) in [6.45, 7) is 3.11. The first-order valence-corrected chi connectivity index (χ1v) is 13.4. The van der Waals surface area contributed by atoms with Crippen LogP contribution in [0.3, 0.4) is 0 Å². The van der Waals surface area contributed by atoms with E-state index in [0.29, 0.717) is 49.6 Å². The van der Waals surface area contributed by atoms with Crippen molar-refractivity contribution in [3.05, 3.63) is 83.8 Å². The van der Waals surface area contributed by atoms with Crippen LogP contribution in [0.4, 0.5) is 4.39 Å². The molecular formula is C30H32FN5O4. The van der Waals surface area contributed by atoms with E-state index in [1.54, 1.807) is 41.4 Å². The molecule has 2 atom stereocenters. The van der Waals surface area contributed by atoms with Gasteiger partial charge in [-0.3, -0.25) is 24.3 Å². The van der Waals surface area contributed by atoms with Crippen LogP contribution in [0.1, 0.15) is 29.3 Å². The van der Waals surface area contributed by atoms with E-state index in [2.05, 4.69) is 15.6 Å². The molecule has 2 bridgehead atoms. The van der Waals surface area contributed by atoms with Gasteiger partial charge < -0.3 is 20.3 Å². The molecule has 40 heavy (non-hydrogen) atoms. The van der Waals surface area contributed by atoms with Crippen molar-refractivity contribution in [2.24, 2.45) is 0 Å². The third-order valence-corrected chi connectivity index (χ3v) is 7.13. The van der Waals surface area contributed by atoms with Gasteiger partial charge in [0.1, 0.15) is 23.9 Å². The second-order valence-electron chi connectivity index (χ2n) is 10.2. The fourth-order valence-electron chi connectivity index (χ4n) is 5.28. The second kappa shape index (κ2) is 12.3. The average molecular weight is 546 g/mol. The zero-order valence-corrected chi connectivity index (χ0v) is 22.3. The summed E-state index contributed by atoms with van der Waals surface area (Å²) in [5.41, 5.74) is 2.66. The van der Waals surface area contributed by atoms with Gasteiger partial charge in [-0.15, -0.1) is 0 Å². The zero-order valence-electron chi connectivity index (χ0n) is 22.3. The summed E-state index contributed by atoms with van der Waals surface area (Å²) in [6, 6.07) is 16.5. The number of fused-ring (bicyclic) bond motifs is 9. The Labute approximate surface area is 232 Å². The molecule has 1 aromatic heterocycles. The summed E-state index contributed by atoms with van der Waals surface area (Å²) >= 11 is 0. The molecule has 0 aliphatic carbocycles. The van der Waals surface area contributed by atoms with E-state index in [-0.39, 0.29) is 48.8 Å². The summed E-state index contributed by atoms with van der Waals surface area (Å²) in [5, 5.41) is 5.86. The fourth-order valence-corrected chi connectivity index (χ4v) is 5.28. The summed E-state index contributed by atoms with van der Waals surface area (Å²) < 4.78 is 20.1. The van der Waals surface area contributed by atoms with Gasteiger partial charge in [-0.1, -0.05) is 24.3 Å². The second-order valence-corrected chi connectivity index (χ2v) is 10.2. The highest BCUT2D eigenvalue weighted by atomic mass is 19.1. The SMILES string of the molecule is CC(=O)N[C@H]1C[C@H]2COc3cccnc3-c3ccc(cc3)C(=O)NCCN(Cc3cccc(F)c3)CC(=O)N2C1. The topological polar surface area (TPSA) is 104 Å². The van der Waals surface area contributed by atoms with Crippen molar-refractivity contribution >= 4 is 17.7 Å². The van der Waals surface area contributed by atoms with Gasteiger partial charge in [0.15, 0.2) is 0 Å². The fraction of sp³-hybridized carbons (Fsp3) is 0.333. The first-order valence-electron chi connectivity index (χ1n) is 13.4. The Morgan fingerprint density at radius 1 is 1.12 bits per heavy atom. The highest BCUT2D eigenvalue weighted by Gasteiger charge is 2.36. The van der Waals surface area contributed by atoms with E-state index in [4.69, 9.17) is 4.74 Å². The van der Waals surface area contributed by atoms with Crippen molar-refractivity contribution in [1.82, 2.24) is 25.4 Å². The van der Waals surface area contributed by atoms with E-state index < -0.39 is 0 Å². The monoisotopic (exact) mass is 545 g/mol. The summed E-state index contributed by atoms with van der Waals surface area (Å²) in [6.07, 6.45) is 2.23. The number of nitrogens with zero attached hydrogens (tertiary/aromatic N) is 3. The first-order chi connectivity index (χ1) is 19.4. The molecular weight excluding hydrogens is 513 g/mol. The number of ether oxygens (including phenoxy) is 1. The van der Waals surface area contributed by atoms with Crippen LogP contribution in [-0.4, -0.2) is 77.4 Å². The lowest BCUT2D eigenvalue weighted by molar-refractivity contribution is -0.134. The van der Waals surface area contributed by atoms with Gasteiger partial charge >= 0.3 is 0 Å². The smallest absolute Gasteiger partial charge is 0.251 e. The van der Waals surface area contributed by atoms with Gasteiger partial charge in [-0.2, -0.15) is 0 Å². The number of nitrogens with one attached hydrogen (secondary N) is 2. The minimum Gasteiger partial charge on any atom is -0.489 e. The lowest BCUT2D eigenvalue weighted by Crippen LogP contribution is -2.46. The van der Waals surface area contributed by atoms with Gasteiger partial charge in [0.25, 0.3) is 5.91 Å². The predicted molar refractivity (Wildman–Crippen MR) is 147 cm³/mol. The number of hydrogen-bond acceptors (Lipinski definition) is 6. The van der Waals surface area contributed by atoms with E-state index in [0.717, 1.165) is 11.1 Å². The van der Waals surface area contributed by atoms with Crippen LogP contribution in [0.2, 0.25) is 0 Å². The third kappa shape index (κ3) is 6.63. The van der Waals surface area contributed by atoms with Crippen LogP contribution < -0.4 is 15.4 Å². The van der Waals surface area contributed by atoms with Gasteiger partial charge in [-0.05, 0) is 48.4 Å². The normalized spacial score (nSPS) is 20.2. The Morgan fingerprint density at radius 3 is 2.70 bits per heavy atom. The van der Waals surface area contributed by atoms with E-state index in [1.807, 2.05) is 23.1 Å². The number of amides is 3. The van der Waals surface area contributed by atoms with Crippen LogP contribution in [-0.2, 0) is 16.1 Å². The minimum absolute atomic E-state index is 0.0577. The van der Waals surface area contributed by atoms with E-state index in [1.165, 1.54) is 19.1 Å². The highest BCUT2D eigenvalue weighted by Crippen LogP contribution is 2.29. The molecule has 2 aromatic carbocycles. The van der Waals surface area contributed by atoms with Crippen molar-refractivity contribution < 1.29 is 23.5 Å². The molecule has 3 amide bonds. The summed E-state index contributed by atoms with van der Waals surface area (Å²) in [7, 11) is 0. The Kier molecular flexibility index (Phi) is 8.35. The average Bonchev–Trinajstić information content (AvgIpc) is 3.33. The molecule has 9 nitrogen and oxygen atoms in total. The molecule has 0 spiro atoms. The van der Waals surface area contributed by atoms with Crippen molar-refractivity contribution in [1.29, 1.82) is 0 Å². The van der Waals surface area contributed by atoms with Crippen LogP contribution in [0.15, 0.2) is 66.9 Å².